The Kier molecular flexibility index (Phi) is 4.46. The van der Waals surface area contributed by atoms with Crippen LogP contribution in [0, 0.1) is 0 Å². The van der Waals surface area contributed by atoms with Crippen LogP contribution in [0.15, 0.2) is 30.5 Å². The largest absolute Gasteiger partial charge is 0.481 e. The molecule has 0 bridgehead atoms. The SMILES string of the molecule is O=P(O)(O)OP(=O)(O)OCCc1c[nH]c2ccccc12. The monoisotopic (exact) mass is 321 g/mol. The summed E-state index contributed by atoms with van der Waals surface area (Å²) in [5.74, 6) is 0. The highest BCUT2D eigenvalue weighted by atomic mass is 31.3. The van der Waals surface area contributed by atoms with Crippen LogP contribution >= 0.6 is 15.6 Å². The number of rotatable bonds is 6. The number of nitrogens with one attached hydrogen (secondary N) is 1. The predicted molar refractivity (Wildman–Crippen MR) is 70.9 cm³/mol. The Morgan fingerprint density at radius 2 is 1.85 bits per heavy atom. The van der Waals surface area contributed by atoms with E-state index in [9.17, 15) is 9.13 Å². The minimum atomic E-state index is -5.07. The summed E-state index contributed by atoms with van der Waals surface area (Å²) in [5.41, 5.74) is 1.78. The molecule has 0 spiro atoms. The molecule has 0 saturated heterocycles. The first-order valence-electron chi connectivity index (χ1n) is 5.56. The molecule has 4 N–H and O–H groups in total. The van der Waals surface area contributed by atoms with E-state index in [0.29, 0.717) is 6.42 Å². The van der Waals surface area contributed by atoms with Crippen LogP contribution in [-0.4, -0.2) is 26.3 Å². The molecule has 10 heteroatoms. The molecule has 8 nitrogen and oxygen atoms in total. The van der Waals surface area contributed by atoms with Crippen molar-refractivity contribution < 1.29 is 32.6 Å². The van der Waals surface area contributed by atoms with Crippen molar-refractivity contribution in [2.45, 2.75) is 6.42 Å². The summed E-state index contributed by atoms with van der Waals surface area (Å²) in [6.07, 6.45) is 2.03. The molecule has 2 rings (SSSR count). The lowest BCUT2D eigenvalue weighted by Crippen LogP contribution is -1.98. The smallest absolute Gasteiger partial charge is 0.361 e. The van der Waals surface area contributed by atoms with Crippen LogP contribution in [0.4, 0.5) is 0 Å². The van der Waals surface area contributed by atoms with Crippen LogP contribution in [0.5, 0.6) is 0 Å². The fourth-order valence-electron chi connectivity index (χ4n) is 1.77. The lowest BCUT2D eigenvalue weighted by Gasteiger charge is -2.11. The molecule has 1 aromatic heterocycles. The second-order valence-corrected chi connectivity index (χ2v) is 6.81. The Morgan fingerprint density at radius 1 is 1.15 bits per heavy atom. The summed E-state index contributed by atoms with van der Waals surface area (Å²) in [5, 5.41) is 0.944. The van der Waals surface area contributed by atoms with E-state index in [4.69, 9.17) is 14.7 Å². The molecule has 1 heterocycles. The Hall–Kier alpha value is -0.980. The van der Waals surface area contributed by atoms with Gasteiger partial charge in [0.1, 0.15) is 0 Å². The zero-order valence-electron chi connectivity index (χ0n) is 10.2. The van der Waals surface area contributed by atoms with Gasteiger partial charge in [0.15, 0.2) is 0 Å². The molecule has 20 heavy (non-hydrogen) atoms. The molecule has 0 radical (unpaired) electrons. The zero-order chi connectivity index (χ0) is 14.8. The van der Waals surface area contributed by atoms with Crippen molar-refractivity contribution in [3.8, 4) is 0 Å². The first kappa shape index (κ1) is 15.4. The lowest BCUT2D eigenvalue weighted by atomic mass is 10.1. The maximum Gasteiger partial charge on any atom is 0.481 e. The van der Waals surface area contributed by atoms with Gasteiger partial charge in [0.2, 0.25) is 0 Å². The van der Waals surface area contributed by atoms with Crippen molar-refractivity contribution in [1.82, 2.24) is 4.98 Å². The zero-order valence-corrected chi connectivity index (χ0v) is 12.0. The predicted octanol–water partition coefficient (Wildman–Crippen LogP) is 1.94. The number of hydrogen-bond donors (Lipinski definition) is 4. The number of hydrogen-bond acceptors (Lipinski definition) is 4. The van der Waals surface area contributed by atoms with E-state index < -0.39 is 15.6 Å². The van der Waals surface area contributed by atoms with Gasteiger partial charge in [-0.2, -0.15) is 4.31 Å². The molecular weight excluding hydrogens is 308 g/mol. The van der Waals surface area contributed by atoms with Gasteiger partial charge >= 0.3 is 15.6 Å². The summed E-state index contributed by atoms with van der Waals surface area (Å²) in [6, 6.07) is 7.49. The number of aromatic amines is 1. The van der Waals surface area contributed by atoms with Crippen LogP contribution in [0.2, 0.25) is 0 Å². The van der Waals surface area contributed by atoms with Gasteiger partial charge < -0.3 is 19.7 Å². The Balaban J connectivity index is 1.96. The maximum atomic E-state index is 11.2. The van der Waals surface area contributed by atoms with Crippen LogP contribution in [0.3, 0.4) is 0 Å². The van der Waals surface area contributed by atoms with Gasteiger partial charge in [-0.25, -0.2) is 9.13 Å². The van der Waals surface area contributed by atoms with E-state index in [1.54, 1.807) is 6.20 Å². The van der Waals surface area contributed by atoms with Crippen molar-refractivity contribution in [2.75, 3.05) is 6.61 Å². The van der Waals surface area contributed by atoms with E-state index in [-0.39, 0.29) is 6.61 Å². The van der Waals surface area contributed by atoms with Gasteiger partial charge in [0, 0.05) is 17.1 Å². The summed E-state index contributed by atoms with van der Waals surface area (Å²) in [6.45, 7) is -0.213. The Bertz CT molecular complexity index is 692. The molecule has 110 valence electrons. The quantitative estimate of drug-likeness (QED) is 0.598. The fourth-order valence-corrected chi connectivity index (χ4v) is 3.35. The van der Waals surface area contributed by atoms with Crippen LogP contribution < -0.4 is 0 Å². The molecule has 1 atom stereocenters. The first-order valence-corrected chi connectivity index (χ1v) is 8.59. The average Bonchev–Trinajstić information content (AvgIpc) is 2.69. The summed E-state index contributed by atoms with van der Waals surface area (Å²) in [7, 11) is -9.84. The highest BCUT2D eigenvalue weighted by Gasteiger charge is 2.32. The molecule has 0 fully saturated rings. The van der Waals surface area contributed by atoms with Gasteiger partial charge in [-0.15, -0.1) is 0 Å². The second kappa shape index (κ2) is 5.79. The van der Waals surface area contributed by atoms with Crippen molar-refractivity contribution in [1.29, 1.82) is 0 Å². The summed E-state index contributed by atoms with van der Waals surface area (Å²) >= 11 is 0. The third-order valence-electron chi connectivity index (χ3n) is 2.51. The highest BCUT2D eigenvalue weighted by molar-refractivity contribution is 7.60. The topological polar surface area (TPSA) is 129 Å². The molecule has 0 amide bonds. The highest BCUT2D eigenvalue weighted by Crippen LogP contribution is 2.57. The van der Waals surface area contributed by atoms with Crippen LogP contribution in [-0.2, 0) is 24.4 Å². The van der Waals surface area contributed by atoms with Crippen molar-refractivity contribution >= 4 is 26.5 Å². The molecular formula is C10H13NO7P2. The van der Waals surface area contributed by atoms with Gasteiger partial charge in [-0.05, 0) is 18.1 Å². The van der Waals surface area contributed by atoms with E-state index in [1.807, 2.05) is 24.3 Å². The van der Waals surface area contributed by atoms with Crippen LogP contribution in [0.25, 0.3) is 10.9 Å². The number of phosphoric ester groups is 1. The number of para-hydroxylation sites is 1. The second-order valence-electron chi connectivity index (χ2n) is 3.98. The lowest BCUT2D eigenvalue weighted by molar-refractivity contribution is 0.180. The molecule has 0 aliphatic rings. The molecule has 0 aliphatic heterocycles. The number of fused-ring (bicyclic) bond motifs is 1. The van der Waals surface area contributed by atoms with Gasteiger partial charge in [0.25, 0.3) is 0 Å². The van der Waals surface area contributed by atoms with Gasteiger partial charge in [0.05, 0.1) is 6.61 Å². The fraction of sp³-hybridized carbons (Fsp3) is 0.200. The van der Waals surface area contributed by atoms with Crippen molar-refractivity contribution in [2.24, 2.45) is 0 Å². The maximum absolute atomic E-state index is 11.2. The summed E-state index contributed by atoms with van der Waals surface area (Å²) in [4.78, 5) is 29.0. The van der Waals surface area contributed by atoms with E-state index in [1.165, 1.54) is 0 Å². The van der Waals surface area contributed by atoms with Gasteiger partial charge in [-0.1, -0.05) is 18.2 Å². The average molecular weight is 321 g/mol. The minimum Gasteiger partial charge on any atom is -0.361 e. The van der Waals surface area contributed by atoms with Crippen molar-refractivity contribution in [3.05, 3.63) is 36.0 Å². The van der Waals surface area contributed by atoms with E-state index >= 15 is 0 Å². The summed E-state index contributed by atoms with van der Waals surface area (Å²) < 4.78 is 29.9. The third-order valence-corrected chi connectivity index (χ3v) is 4.70. The number of aromatic nitrogens is 1. The number of phosphoric acid groups is 2. The number of benzene rings is 1. The van der Waals surface area contributed by atoms with E-state index in [0.717, 1.165) is 16.5 Å². The molecule has 1 unspecified atom stereocenters. The van der Waals surface area contributed by atoms with Crippen molar-refractivity contribution in [3.63, 3.8) is 0 Å². The first-order chi connectivity index (χ1) is 9.27. The molecule has 1 aromatic carbocycles. The Labute approximate surface area is 114 Å². The minimum absolute atomic E-state index is 0.213. The standard InChI is InChI=1S/C10H13NO7P2/c12-19(13,14)18-20(15,16)17-6-5-8-7-11-10-4-2-1-3-9(8)10/h1-4,7,11H,5-6H2,(H,15,16)(H2,12,13,14). The molecule has 2 aromatic rings. The Morgan fingerprint density at radius 3 is 2.55 bits per heavy atom. The molecule has 0 saturated carbocycles. The van der Waals surface area contributed by atoms with Gasteiger partial charge in [-0.3, -0.25) is 4.52 Å². The molecule has 0 aliphatic carbocycles. The van der Waals surface area contributed by atoms with E-state index in [2.05, 4.69) is 13.8 Å². The number of H-pyrrole nitrogens is 1. The normalized spacial score (nSPS) is 15.3. The van der Waals surface area contributed by atoms with Crippen LogP contribution in [0.1, 0.15) is 5.56 Å². The third kappa shape index (κ3) is 4.26.